The van der Waals surface area contributed by atoms with Gasteiger partial charge < -0.3 is 20.5 Å². The minimum atomic E-state index is 0.678. The molecule has 3 N–H and O–H groups in total. The van der Waals surface area contributed by atoms with Crippen molar-refractivity contribution in [2.45, 2.75) is 26.4 Å². The molecule has 1 aromatic heterocycles. The number of benzene rings is 2. The maximum Gasteiger partial charge on any atom is 0.191 e. The number of nitrogens with zero attached hydrogens (tertiary/aromatic N) is 3. The van der Waals surface area contributed by atoms with Gasteiger partial charge in [0.1, 0.15) is 0 Å². The Labute approximate surface area is 191 Å². The van der Waals surface area contributed by atoms with Gasteiger partial charge in [0.2, 0.25) is 0 Å². The maximum atomic E-state index is 4.79. The van der Waals surface area contributed by atoms with Crippen LogP contribution >= 0.6 is 0 Å². The first kappa shape index (κ1) is 22.4. The van der Waals surface area contributed by atoms with Crippen LogP contribution < -0.4 is 10.6 Å². The first-order valence-corrected chi connectivity index (χ1v) is 11.8. The molecule has 0 spiro atoms. The van der Waals surface area contributed by atoms with Gasteiger partial charge in [-0.25, -0.2) is 4.99 Å². The van der Waals surface area contributed by atoms with Crippen LogP contribution in [0, 0.1) is 0 Å². The van der Waals surface area contributed by atoms with Crippen molar-refractivity contribution in [2.75, 3.05) is 46.3 Å². The minimum absolute atomic E-state index is 0.678. The largest absolute Gasteiger partial charge is 0.361 e. The number of para-hydroxylation sites is 1. The van der Waals surface area contributed by atoms with E-state index < -0.39 is 0 Å². The molecule has 1 aliphatic rings. The van der Waals surface area contributed by atoms with Gasteiger partial charge in [0, 0.05) is 62.9 Å². The standard InChI is InChI=1S/C26H36N6/c1-3-27-26(28-13-12-23-19-29-25-7-5-4-6-24(23)25)30-18-21-8-10-22(11-9-21)20-32-16-14-31(2)15-17-32/h4-11,19,29H,3,12-18,20H2,1-2H3,(H2,27,28,30). The number of likely N-dealkylation sites (N-methyl/N-ethyl adjacent to an activating group) is 1. The second kappa shape index (κ2) is 11.2. The van der Waals surface area contributed by atoms with E-state index in [1.807, 2.05) is 0 Å². The zero-order valence-electron chi connectivity index (χ0n) is 19.4. The fourth-order valence-electron chi connectivity index (χ4n) is 4.18. The third-order valence-electron chi connectivity index (χ3n) is 6.15. The monoisotopic (exact) mass is 432 g/mol. The van der Waals surface area contributed by atoms with Crippen molar-refractivity contribution in [3.63, 3.8) is 0 Å². The predicted molar refractivity (Wildman–Crippen MR) is 134 cm³/mol. The molecular weight excluding hydrogens is 396 g/mol. The highest BCUT2D eigenvalue weighted by molar-refractivity contribution is 5.83. The number of nitrogens with one attached hydrogen (secondary N) is 3. The third-order valence-corrected chi connectivity index (χ3v) is 6.15. The number of aliphatic imine (C=N–C) groups is 1. The normalized spacial score (nSPS) is 15.9. The lowest BCUT2D eigenvalue weighted by molar-refractivity contribution is 0.148. The molecule has 0 saturated carbocycles. The summed E-state index contributed by atoms with van der Waals surface area (Å²) in [5.74, 6) is 0.869. The molecule has 0 radical (unpaired) electrons. The Kier molecular flexibility index (Phi) is 7.80. The van der Waals surface area contributed by atoms with Crippen LogP contribution in [-0.4, -0.2) is 67.1 Å². The zero-order valence-corrected chi connectivity index (χ0v) is 19.4. The predicted octanol–water partition coefficient (Wildman–Crippen LogP) is 3.21. The van der Waals surface area contributed by atoms with Crippen LogP contribution in [0.2, 0.25) is 0 Å². The summed E-state index contributed by atoms with van der Waals surface area (Å²) in [5.41, 5.74) is 5.14. The first-order valence-electron chi connectivity index (χ1n) is 11.8. The summed E-state index contributed by atoms with van der Waals surface area (Å²) < 4.78 is 0. The van der Waals surface area contributed by atoms with Crippen molar-refractivity contribution in [1.29, 1.82) is 0 Å². The fraction of sp³-hybridized carbons (Fsp3) is 0.423. The molecule has 1 saturated heterocycles. The minimum Gasteiger partial charge on any atom is -0.361 e. The van der Waals surface area contributed by atoms with Crippen LogP contribution in [0.25, 0.3) is 10.9 Å². The highest BCUT2D eigenvalue weighted by atomic mass is 15.2. The van der Waals surface area contributed by atoms with Gasteiger partial charge in [-0.1, -0.05) is 42.5 Å². The Morgan fingerprint density at radius 1 is 0.969 bits per heavy atom. The van der Waals surface area contributed by atoms with Crippen LogP contribution in [-0.2, 0) is 19.5 Å². The average Bonchev–Trinajstić information content (AvgIpc) is 3.23. The van der Waals surface area contributed by atoms with Gasteiger partial charge >= 0.3 is 0 Å². The van der Waals surface area contributed by atoms with Crippen molar-refractivity contribution in [3.8, 4) is 0 Å². The maximum absolute atomic E-state index is 4.79. The Morgan fingerprint density at radius 2 is 1.72 bits per heavy atom. The molecule has 32 heavy (non-hydrogen) atoms. The van der Waals surface area contributed by atoms with E-state index >= 15 is 0 Å². The molecule has 4 rings (SSSR count). The van der Waals surface area contributed by atoms with Crippen molar-refractivity contribution in [3.05, 3.63) is 71.4 Å². The number of fused-ring (bicyclic) bond motifs is 1. The Balaban J connectivity index is 1.27. The van der Waals surface area contributed by atoms with Gasteiger partial charge in [0.05, 0.1) is 6.54 Å². The van der Waals surface area contributed by atoms with Gasteiger partial charge in [-0.05, 0) is 43.1 Å². The molecular formula is C26H36N6. The van der Waals surface area contributed by atoms with Gasteiger partial charge in [-0.2, -0.15) is 0 Å². The van der Waals surface area contributed by atoms with Crippen molar-refractivity contribution in [1.82, 2.24) is 25.4 Å². The molecule has 0 amide bonds. The molecule has 2 heterocycles. The molecule has 0 unspecified atom stereocenters. The lowest BCUT2D eigenvalue weighted by Crippen LogP contribution is -2.43. The summed E-state index contributed by atoms with van der Waals surface area (Å²) >= 11 is 0. The number of aromatic nitrogens is 1. The quantitative estimate of drug-likeness (QED) is 0.378. The number of guanidine groups is 1. The van der Waals surface area contributed by atoms with Crippen molar-refractivity contribution >= 4 is 16.9 Å². The topological polar surface area (TPSA) is 58.7 Å². The van der Waals surface area contributed by atoms with Crippen molar-refractivity contribution in [2.24, 2.45) is 4.99 Å². The number of piperazine rings is 1. The van der Waals surface area contributed by atoms with Crippen LogP contribution in [0.5, 0.6) is 0 Å². The molecule has 6 heteroatoms. The van der Waals surface area contributed by atoms with Crippen LogP contribution in [0.4, 0.5) is 0 Å². The van der Waals surface area contributed by atoms with Gasteiger partial charge in [-0.3, -0.25) is 4.90 Å². The van der Waals surface area contributed by atoms with E-state index in [2.05, 4.69) is 94.1 Å². The summed E-state index contributed by atoms with van der Waals surface area (Å²) in [6.07, 6.45) is 3.07. The molecule has 6 nitrogen and oxygen atoms in total. The third kappa shape index (κ3) is 6.11. The second-order valence-corrected chi connectivity index (χ2v) is 8.63. The Hall–Kier alpha value is -2.83. The lowest BCUT2D eigenvalue weighted by atomic mass is 10.1. The molecule has 1 fully saturated rings. The first-order chi connectivity index (χ1) is 15.7. The van der Waals surface area contributed by atoms with E-state index in [-0.39, 0.29) is 0 Å². The summed E-state index contributed by atoms with van der Waals surface area (Å²) in [4.78, 5) is 13.1. The summed E-state index contributed by atoms with van der Waals surface area (Å²) in [5, 5.41) is 8.14. The van der Waals surface area contributed by atoms with E-state index in [0.717, 1.165) is 58.2 Å². The average molecular weight is 433 g/mol. The van der Waals surface area contributed by atoms with Crippen LogP contribution in [0.1, 0.15) is 23.6 Å². The molecule has 0 aliphatic carbocycles. The van der Waals surface area contributed by atoms with E-state index in [1.54, 1.807) is 0 Å². The highest BCUT2D eigenvalue weighted by Crippen LogP contribution is 2.17. The summed E-state index contributed by atoms with van der Waals surface area (Å²) in [7, 11) is 2.20. The number of hydrogen-bond donors (Lipinski definition) is 3. The van der Waals surface area contributed by atoms with E-state index in [4.69, 9.17) is 4.99 Å². The van der Waals surface area contributed by atoms with Gasteiger partial charge in [0.15, 0.2) is 5.96 Å². The van der Waals surface area contributed by atoms with Gasteiger partial charge in [-0.15, -0.1) is 0 Å². The van der Waals surface area contributed by atoms with Crippen LogP contribution in [0.3, 0.4) is 0 Å². The fourth-order valence-corrected chi connectivity index (χ4v) is 4.18. The summed E-state index contributed by atoms with van der Waals surface area (Å²) in [6.45, 7) is 10.1. The SMILES string of the molecule is CCNC(=NCc1ccc(CN2CCN(C)CC2)cc1)NCCc1c[nH]c2ccccc12. The number of aromatic amines is 1. The molecule has 2 aromatic carbocycles. The second-order valence-electron chi connectivity index (χ2n) is 8.63. The number of rotatable bonds is 8. The van der Waals surface area contributed by atoms with E-state index in [9.17, 15) is 0 Å². The lowest BCUT2D eigenvalue weighted by Gasteiger charge is -2.32. The molecule has 1 aliphatic heterocycles. The van der Waals surface area contributed by atoms with E-state index in [1.165, 1.54) is 27.6 Å². The Bertz CT molecular complexity index is 999. The van der Waals surface area contributed by atoms with Gasteiger partial charge in [0.25, 0.3) is 0 Å². The Morgan fingerprint density at radius 3 is 2.50 bits per heavy atom. The van der Waals surface area contributed by atoms with Crippen LogP contribution in [0.15, 0.2) is 59.7 Å². The number of H-pyrrole nitrogens is 1. The molecule has 3 aromatic rings. The molecule has 0 atom stereocenters. The zero-order chi connectivity index (χ0) is 22.2. The molecule has 170 valence electrons. The highest BCUT2D eigenvalue weighted by Gasteiger charge is 2.13. The summed E-state index contributed by atoms with van der Waals surface area (Å²) in [6, 6.07) is 17.4. The number of hydrogen-bond acceptors (Lipinski definition) is 3. The smallest absolute Gasteiger partial charge is 0.191 e. The van der Waals surface area contributed by atoms with Crippen molar-refractivity contribution < 1.29 is 0 Å². The molecule has 0 bridgehead atoms. The van der Waals surface area contributed by atoms with E-state index in [0.29, 0.717) is 6.54 Å².